The van der Waals surface area contributed by atoms with Crippen LogP contribution in [-0.2, 0) is 15.0 Å². The molecular weight excluding hydrogens is 418 g/mol. The van der Waals surface area contributed by atoms with Gasteiger partial charge in [-0.15, -0.1) is 0 Å². The van der Waals surface area contributed by atoms with Crippen molar-refractivity contribution in [2.24, 2.45) is 5.10 Å². The lowest BCUT2D eigenvalue weighted by Crippen LogP contribution is -2.25. The van der Waals surface area contributed by atoms with Gasteiger partial charge in [-0.05, 0) is 29.2 Å². The molecule has 32 heavy (non-hydrogen) atoms. The Morgan fingerprint density at radius 3 is 2.44 bits per heavy atom. The predicted molar refractivity (Wildman–Crippen MR) is 117 cm³/mol. The molecular formula is C22H25N3O7. The minimum atomic E-state index is -0.693. The third-order valence-electron chi connectivity index (χ3n) is 4.21. The molecule has 0 saturated carbocycles. The molecule has 2 aromatic rings. The van der Waals surface area contributed by atoms with E-state index >= 15 is 0 Å². The smallest absolute Gasteiger partial charge is 0.323 e. The molecule has 0 fully saturated rings. The summed E-state index contributed by atoms with van der Waals surface area (Å²) in [7, 11) is 1.21. The lowest BCUT2D eigenvalue weighted by molar-refractivity contribution is -0.385. The zero-order valence-electron chi connectivity index (χ0n) is 18.5. The summed E-state index contributed by atoms with van der Waals surface area (Å²) in [6.45, 7) is 6.98. The van der Waals surface area contributed by atoms with Gasteiger partial charge < -0.3 is 14.2 Å². The first-order valence-corrected chi connectivity index (χ1v) is 9.62. The van der Waals surface area contributed by atoms with Crippen molar-refractivity contribution in [3.63, 3.8) is 0 Å². The van der Waals surface area contributed by atoms with Crippen molar-refractivity contribution in [3.05, 3.63) is 57.6 Å². The number of hydrogen-bond donors (Lipinski definition) is 1. The van der Waals surface area contributed by atoms with E-state index in [4.69, 9.17) is 14.2 Å². The molecule has 0 saturated heterocycles. The molecule has 0 heterocycles. The van der Waals surface area contributed by atoms with Crippen LogP contribution in [0.25, 0.3) is 0 Å². The van der Waals surface area contributed by atoms with Crippen molar-refractivity contribution in [2.45, 2.75) is 33.1 Å². The van der Waals surface area contributed by atoms with Crippen LogP contribution in [0, 0.1) is 10.1 Å². The lowest BCUT2D eigenvalue weighted by atomic mass is 9.86. The maximum absolute atomic E-state index is 12.1. The molecule has 170 valence electrons. The molecule has 1 amide bonds. The molecule has 0 aliphatic rings. The van der Waals surface area contributed by atoms with E-state index in [-0.39, 0.29) is 29.1 Å². The lowest BCUT2D eigenvalue weighted by Gasteiger charge is -2.22. The van der Waals surface area contributed by atoms with Gasteiger partial charge >= 0.3 is 11.7 Å². The van der Waals surface area contributed by atoms with Gasteiger partial charge in [-0.3, -0.25) is 19.7 Å². The monoisotopic (exact) mass is 443 g/mol. The van der Waals surface area contributed by atoms with E-state index in [1.807, 2.05) is 39.0 Å². The predicted octanol–water partition coefficient (Wildman–Crippen LogP) is 3.36. The number of carbonyl (C=O) groups excluding carboxylic acids is 2. The number of nitrogens with one attached hydrogen (secondary N) is 1. The summed E-state index contributed by atoms with van der Waals surface area (Å²) in [6, 6.07) is 10.1. The zero-order chi connectivity index (χ0) is 23.9. The van der Waals surface area contributed by atoms with Crippen molar-refractivity contribution >= 4 is 23.8 Å². The first-order chi connectivity index (χ1) is 15.0. The highest BCUT2D eigenvalue weighted by molar-refractivity contribution is 5.90. The van der Waals surface area contributed by atoms with Crippen LogP contribution in [0.3, 0.4) is 0 Å². The summed E-state index contributed by atoms with van der Waals surface area (Å²) in [5.74, 6) is -0.947. The molecule has 0 aliphatic heterocycles. The molecule has 0 unspecified atom stereocenters. The second-order valence-corrected chi connectivity index (χ2v) is 7.71. The minimum absolute atomic E-state index is 0.0436. The number of nitro groups is 1. The van der Waals surface area contributed by atoms with Crippen molar-refractivity contribution in [3.8, 4) is 17.2 Å². The third-order valence-corrected chi connectivity index (χ3v) is 4.21. The highest BCUT2D eigenvalue weighted by Crippen LogP contribution is 2.39. The van der Waals surface area contributed by atoms with Crippen LogP contribution in [0.1, 0.15) is 38.8 Å². The van der Waals surface area contributed by atoms with Crippen molar-refractivity contribution in [1.29, 1.82) is 0 Å². The number of esters is 1. The number of carbonyl (C=O) groups is 2. The van der Waals surface area contributed by atoms with E-state index in [9.17, 15) is 19.7 Å². The number of methoxy groups -OCH3 is 1. The fourth-order valence-corrected chi connectivity index (χ4v) is 2.85. The van der Waals surface area contributed by atoms with Gasteiger partial charge in [0.25, 0.3) is 5.91 Å². The highest BCUT2D eigenvalue weighted by Gasteiger charge is 2.25. The molecule has 0 aromatic heterocycles. The first-order valence-electron chi connectivity index (χ1n) is 9.62. The number of nitrogens with zero attached hydrogens (tertiary/aromatic N) is 2. The standard InChI is InChI=1S/C22H25N3O7/c1-14(26)32-18-11-10-15(20(25(28)29)21(18)30-5)12-23-24-19(27)13-31-17-9-7-6-8-16(17)22(2,3)4/h6-12H,13H2,1-5H3,(H,24,27)/b23-12+. The van der Waals surface area contributed by atoms with Gasteiger partial charge in [0, 0.05) is 6.92 Å². The van der Waals surface area contributed by atoms with E-state index in [1.54, 1.807) is 6.07 Å². The second kappa shape index (κ2) is 10.4. The molecule has 10 nitrogen and oxygen atoms in total. The van der Waals surface area contributed by atoms with Crippen LogP contribution >= 0.6 is 0 Å². The van der Waals surface area contributed by atoms with Crippen LogP contribution in [0.4, 0.5) is 5.69 Å². The van der Waals surface area contributed by atoms with Gasteiger partial charge in [-0.2, -0.15) is 5.10 Å². The van der Waals surface area contributed by atoms with E-state index in [1.165, 1.54) is 19.2 Å². The maximum Gasteiger partial charge on any atom is 0.323 e. The average Bonchev–Trinajstić information content (AvgIpc) is 2.71. The molecule has 0 bridgehead atoms. The summed E-state index contributed by atoms with van der Waals surface area (Å²) < 4.78 is 15.6. The van der Waals surface area contributed by atoms with Crippen LogP contribution in [-0.4, -0.2) is 36.7 Å². The highest BCUT2D eigenvalue weighted by atomic mass is 16.6. The number of amides is 1. The van der Waals surface area contributed by atoms with Crippen LogP contribution in [0.5, 0.6) is 17.2 Å². The molecule has 0 atom stereocenters. The summed E-state index contributed by atoms with van der Waals surface area (Å²) in [5.41, 5.74) is 2.64. The number of hydrazone groups is 1. The Hall–Kier alpha value is -3.95. The first kappa shape index (κ1) is 24.3. The average molecular weight is 443 g/mol. The molecule has 0 spiro atoms. The number of benzene rings is 2. The molecule has 0 radical (unpaired) electrons. The number of ether oxygens (including phenoxy) is 3. The fraction of sp³-hybridized carbons (Fsp3) is 0.318. The number of rotatable bonds is 8. The quantitative estimate of drug-likeness (QED) is 0.218. The van der Waals surface area contributed by atoms with Crippen LogP contribution in [0.2, 0.25) is 0 Å². The Kier molecular flexibility index (Phi) is 7.89. The SMILES string of the molecule is COc1c(OC(C)=O)ccc(/C=N/NC(=O)COc2ccccc2C(C)(C)C)c1[N+](=O)[O-]. The number of para-hydroxylation sites is 1. The van der Waals surface area contributed by atoms with Gasteiger partial charge in [0.1, 0.15) is 5.75 Å². The molecule has 1 N–H and O–H groups in total. The van der Waals surface area contributed by atoms with Crippen molar-refractivity contribution in [1.82, 2.24) is 5.43 Å². The minimum Gasteiger partial charge on any atom is -0.488 e. The van der Waals surface area contributed by atoms with Crippen molar-refractivity contribution in [2.75, 3.05) is 13.7 Å². The van der Waals surface area contributed by atoms with E-state index in [2.05, 4.69) is 10.5 Å². The van der Waals surface area contributed by atoms with Crippen molar-refractivity contribution < 1.29 is 28.7 Å². The Morgan fingerprint density at radius 2 is 1.84 bits per heavy atom. The van der Waals surface area contributed by atoms with Crippen LogP contribution in [0.15, 0.2) is 41.5 Å². The summed E-state index contributed by atoms with van der Waals surface area (Å²) in [5, 5.41) is 15.3. The summed E-state index contributed by atoms with van der Waals surface area (Å²) >= 11 is 0. The van der Waals surface area contributed by atoms with Gasteiger partial charge in [0.15, 0.2) is 12.4 Å². The third kappa shape index (κ3) is 6.27. The fourth-order valence-electron chi connectivity index (χ4n) is 2.85. The summed E-state index contributed by atoms with van der Waals surface area (Å²) in [4.78, 5) is 34.2. The Labute approximate surface area is 185 Å². The Morgan fingerprint density at radius 1 is 1.16 bits per heavy atom. The van der Waals surface area contributed by atoms with E-state index in [0.29, 0.717) is 5.75 Å². The number of hydrogen-bond acceptors (Lipinski definition) is 8. The Balaban J connectivity index is 2.12. The number of nitro benzene ring substituents is 1. The molecule has 2 rings (SSSR count). The van der Waals surface area contributed by atoms with E-state index < -0.39 is 22.5 Å². The Bertz CT molecular complexity index is 1040. The summed E-state index contributed by atoms with van der Waals surface area (Å²) in [6.07, 6.45) is 1.10. The van der Waals surface area contributed by atoms with Crippen LogP contribution < -0.4 is 19.6 Å². The van der Waals surface area contributed by atoms with Gasteiger partial charge in [0.2, 0.25) is 5.75 Å². The topological polar surface area (TPSA) is 129 Å². The second-order valence-electron chi connectivity index (χ2n) is 7.71. The largest absolute Gasteiger partial charge is 0.488 e. The zero-order valence-corrected chi connectivity index (χ0v) is 18.5. The molecule has 10 heteroatoms. The van der Waals surface area contributed by atoms with E-state index in [0.717, 1.165) is 18.7 Å². The van der Waals surface area contributed by atoms with Gasteiger partial charge in [-0.25, -0.2) is 5.43 Å². The van der Waals surface area contributed by atoms with Gasteiger partial charge in [-0.1, -0.05) is 39.0 Å². The molecule has 2 aromatic carbocycles. The maximum atomic E-state index is 12.1. The van der Waals surface area contributed by atoms with Gasteiger partial charge in [0.05, 0.1) is 23.8 Å². The molecule has 0 aliphatic carbocycles. The normalized spacial score (nSPS) is 11.2.